The minimum atomic E-state index is 0.429. The first-order valence-corrected chi connectivity index (χ1v) is 6.28. The van der Waals surface area contributed by atoms with E-state index in [-0.39, 0.29) is 0 Å². The van der Waals surface area contributed by atoms with Crippen molar-refractivity contribution in [2.24, 2.45) is 5.16 Å². The van der Waals surface area contributed by atoms with E-state index in [1.165, 1.54) is 0 Å². The topological polar surface area (TPSA) is 21.6 Å². The number of halogens is 1. The SMILES string of the molecule is C=Cc1cccc(CON=Cc2cccc(Cl)c2)c1. The minimum absolute atomic E-state index is 0.429. The van der Waals surface area contributed by atoms with Crippen molar-refractivity contribution in [3.63, 3.8) is 0 Å². The molecule has 0 aliphatic carbocycles. The zero-order valence-electron chi connectivity index (χ0n) is 10.4. The summed E-state index contributed by atoms with van der Waals surface area (Å²) in [7, 11) is 0. The van der Waals surface area contributed by atoms with Crippen LogP contribution in [0.1, 0.15) is 16.7 Å². The van der Waals surface area contributed by atoms with Gasteiger partial charge in [0.05, 0.1) is 6.21 Å². The molecule has 0 amide bonds. The Bertz CT molecular complexity index is 593. The van der Waals surface area contributed by atoms with E-state index in [0.717, 1.165) is 16.7 Å². The molecule has 0 aliphatic heterocycles. The molecular weight excluding hydrogens is 258 g/mol. The van der Waals surface area contributed by atoms with Crippen molar-refractivity contribution in [1.29, 1.82) is 0 Å². The first-order valence-electron chi connectivity index (χ1n) is 5.90. The van der Waals surface area contributed by atoms with E-state index < -0.39 is 0 Å². The molecule has 0 N–H and O–H groups in total. The highest BCUT2D eigenvalue weighted by atomic mass is 35.5. The number of hydrogen-bond donors (Lipinski definition) is 0. The molecule has 0 aromatic heterocycles. The highest BCUT2D eigenvalue weighted by molar-refractivity contribution is 6.30. The quantitative estimate of drug-likeness (QED) is 0.578. The fraction of sp³-hybridized carbons (Fsp3) is 0.0625. The summed E-state index contributed by atoms with van der Waals surface area (Å²) in [5, 5.41) is 4.61. The van der Waals surface area contributed by atoms with Gasteiger partial charge in [0, 0.05) is 5.02 Å². The van der Waals surface area contributed by atoms with Crippen molar-refractivity contribution >= 4 is 23.9 Å². The summed E-state index contributed by atoms with van der Waals surface area (Å²) in [6.07, 6.45) is 3.45. The van der Waals surface area contributed by atoms with Gasteiger partial charge in [-0.05, 0) is 34.9 Å². The van der Waals surface area contributed by atoms with E-state index in [1.54, 1.807) is 12.3 Å². The number of hydrogen-bond acceptors (Lipinski definition) is 2. The third-order valence-corrected chi connectivity index (χ3v) is 2.78. The molecule has 0 atom stereocenters. The van der Waals surface area contributed by atoms with Gasteiger partial charge in [-0.15, -0.1) is 0 Å². The molecule has 0 unspecified atom stereocenters. The Labute approximate surface area is 118 Å². The van der Waals surface area contributed by atoms with Gasteiger partial charge in [-0.2, -0.15) is 0 Å². The lowest BCUT2D eigenvalue weighted by molar-refractivity contribution is 0.132. The second-order valence-electron chi connectivity index (χ2n) is 4.01. The summed E-state index contributed by atoms with van der Waals surface area (Å²) in [6.45, 7) is 4.16. The van der Waals surface area contributed by atoms with Crippen molar-refractivity contribution in [1.82, 2.24) is 0 Å². The van der Waals surface area contributed by atoms with Crippen LogP contribution in [0.3, 0.4) is 0 Å². The van der Waals surface area contributed by atoms with Gasteiger partial charge in [0.1, 0.15) is 6.61 Å². The lowest BCUT2D eigenvalue weighted by Gasteiger charge is -2.01. The van der Waals surface area contributed by atoms with Gasteiger partial charge >= 0.3 is 0 Å². The molecule has 2 rings (SSSR count). The van der Waals surface area contributed by atoms with Gasteiger partial charge in [0.25, 0.3) is 0 Å². The molecule has 0 radical (unpaired) electrons. The van der Waals surface area contributed by atoms with E-state index in [2.05, 4.69) is 11.7 Å². The first kappa shape index (κ1) is 13.4. The van der Waals surface area contributed by atoms with E-state index in [1.807, 2.05) is 48.5 Å². The third kappa shape index (κ3) is 4.27. The van der Waals surface area contributed by atoms with Gasteiger partial charge in [-0.1, -0.05) is 59.7 Å². The predicted octanol–water partition coefficient (Wildman–Crippen LogP) is 4.53. The van der Waals surface area contributed by atoms with Crippen molar-refractivity contribution in [2.75, 3.05) is 0 Å². The molecule has 0 spiro atoms. The average molecular weight is 272 g/mol. The Hall–Kier alpha value is -2.06. The van der Waals surface area contributed by atoms with Crippen LogP contribution in [0.4, 0.5) is 0 Å². The van der Waals surface area contributed by atoms with E-state index in [0.29, 0.717) is 11.6 Å². The summed E-state index contributed by atoms with van der Waals surface area (Å²) in [5.74, 6) is 0. The van der Waals surface area contributed by atoms with Crippen LogP contribution in [0.25, 0.3) is 6.08 Å². The Morgan fingerprint density at radius 3 is 2.68 bits per heavy atom. The van der Waals surface area contributed by atoms with Crippen molar-refractivity contribution in [3.8, 4) is 0 Å². The molecule has 0 heterocycles. The molecule has 0 bridgehead atoms. The molecule has 0 saturated heterocycles. The third-order valence-electron chi connectivity index (χ3n) is 2.54. The molecule has 19 heavy (non-hydrogen) atoms. The summed E-state index contributed by atoms with van der Waals surface area (Å²) in [4.78, 5) is 5.26. The monoisotopic (exact) mass is 271 g/mol. The molecule has 0 saturated carbocycles. The molecule has 2 aromatic rings. The zero-order valence-corrected chi connectivity index (χ0v) is 11.2. The zero-order chi connectivity index (χ0) is 13.5. The normalized spacial score (nSPS) is 10.6. The van der Waals surface area contributed by atoms with Gasteiger partial charge in [0.2, 0.25) is 0 Å². The van der Waals surface area contributed by atoms with Crippen LogP contribution in [0.15, 0.2) is 60.3 Å². The summed E-state index contributed by atoms with van der Waals surface area (Å²) in [5.41, 5.74) is 3.04. The van der Waals surface area contributed by atoms with Crippen LogP contribution in [0.2, 0.25) is 5.02 Å². The summed E-state index contributed by atoms with van der Waals surface area (Å²) < 4.78 is 0. The maximum Gasteiger partial charge on any atom is 0.142 e. The Morgan fingerprint density at radius 1 is 1.11 bits per heavy atom. The molecule has 2 aromatic carbocycles. The predicted molar refractivity (Wildman–Crippen MR) is 80.4 cm³/mol. The Balaban J connectivity index is 1.91. The average Bonchev–Trinajstić information content (AvgIpc) is 2.44. The van der Waals surface area contributed by atoms with Crippen molar-refractivity contribution in [2.45, 2.75) is 6.61 Å². The maximum absolute atomic E-state index is 5.88. The van der Waals surface area contributed by atoms with Crippen LogP contribution in [0, 0.1) is 0 Å². The van der Waals surface area contributed by atoms with Crippen LogP contribution in [-0.2, 0) is 11.4 Å². The minimum Gasteiger partial charge on any atom is -0.391 e. The van der Waals surface area contributed by atoms with Crippen LogP contribution in [-0.4, -0.2) is 6.21 Å². The molecular formula is C16H14ClNO. The van der Waals surface area contributed by atoms with Crippen LogP contribution < -0.4 is 0 Å². The molecule has 3 heteroatoms. The molecule has 2 nitrogen and oxygen atoms in total. The lowest BCUT2D eigenvalue weighted by atomic mass is 10.1. The van der Waals surface area contributed by atoms with E-state index in [9.17, 15) is 0 Å². The second kappa shape index (κ2) is 6.76. The van der Waals surface area contributed by atoms with Crippen LogP contribution in [0.5, 0.6) is 0 Å². The Morgan fingerprint density at radius 2 is 1.89 bits per heavy atom. The second-order valence-corrected chi connectivity index (χ2v) is 4.45. The van der Waals surface area contributed by atoms with Gasteiger partial charge in [-0.3, -0.25) is 0 Å². The summed E-state index contributed by atoms with van der Waals surface area (Å²) >= 11 is 5.88. The van der Waals surface area contributed by atoms with Gasteiger partial charge in [-0.25, -0.2) is 0 Å². The lowest BCUT2D eigenvalue weighted by Crippen LogP contribution is -1.89. The number of rotatable bonds is 5. The molecule has 0 fully saturated rings. The molecule has 96 valence electrons. The summed E-state index contributed by atoms with van der Waals surface area (Å²) in [6, 6.07) is 15.4. The maximum atomic E-state index is 5.88. The highest BCUT2D eigenvalue weighted by Gasteiger charge is 1.94. The fourth-order valence-electron chi connectivity index (χ4n) is 1.61. The standard InChI is InChI=1S/C16H14ClNO/c1-2-13-5-3-7-15(9-13)12-19-18-11-14-6-4-8-16(17)10-14/h2-11H,1,12H2. The van der Waals surface area contributed by atoms with Gasteiger partial charge < -0.3 is 4.84 Å². The largest absolute Gasteiger partial charge is 0.391 e. The Kier molecular flexibility index (Phi) is 4.76. The highest BCUT2D eigenvalue weighted by Crippen LogP contribution is 2.10. The first-order chi connectivity index (χ1) is 9.28. The van der Waals surface area contributed by atoms with Crippen LogP contribution >= 0.6 is 11.6 Å². The fourth-order valence-corrected chi connectivity index (χ4v) is 1.81. The number of oxime groups is 1. The van der Waals surface area contributed by atoms with Gasteiger partial charge in [0.15, 0.2) is 0 Å². The van der Waals surface area contributed by atoms with E-state index in [4.69, 9.17) is 16.4 Å². The van der Waals surface area contributed by atoms with Crippen molar-refractivity contribution < 1.29 is 4.84 Å². The molecule has 0 aliphatic rings. The smallest absolute Gasteiger partial charge is 0.142 e. The number of benzene rings is 2. The van der Waals surface area contributed by atoms with Crippen molar-refractivity contribution in [3.05, 3.63) is 76.8 Å². The number of nitrogens with zero attached hydrogens (tertiary/aromatic N) is 1. The van der Waals surface area contributed by atoms with E-state index >= 15 is 0 Å².